The second-order valence-electron chi connectivity index (χ2n) is 5.95. The van der Waals surface area contributed by atoms with Crippen molar-refractivity contribution in [3.05, 3.63) is 0 Å². The predicted molar refractivity (Wildman–Crippen MR) is 79.5 cm³/mol. The first-order valence-corrected chi connectivity index (χ1v) is 8.17. The lowest BCUT2D eigenvalue weighted by molar-refractivity contribution is -0.143. The Morgan fingerprint density at radius 1 is 1.10 bits per heavy atom. The summed E-state index contributed by atoms with van der Waals surface area (Å²) >= 11 is 0. The summed E-state index contributed by atoms with van der Waals surface area (Å²) in [5, 5.41) is 12.0. The molecular formula is C16H29NO3. The van der Waals surface area contributed by atoms with Crippen LogP contribution < -0.4 is 5.32 Å². The third-order valence-electron chi connectivity index (χ3n) is 4.21. The van der Waals surface area contributed by atoms with Gasteiger partial charge in [-0.1, -0.05) is 51.9 Å². The summed E-state index contributed by atoms with van der Waals surface area (Å²) in [4.78, 5) is 23.2. The maximum atomic E-state index is 11.9. The molecule has 1 rings (SSSR count). The van der Waals surface area contributed by atoms with Gasteiger partial charge in [-0.15, -0.1) is 0 Å². The van der Waals surface area contributed by atoms with Crippen molar-refractivity contribution in [2.75, 3.05) is 0 Å². The van der Waals surface area contributed by atoms with Gasteiger partial charge in [-0.25, -0.2) is 4.79 Å². The molecule has 0 heterocycles. The van der Waals surface area contributed by atoms with Gasteiger partial charge in [-0.3, -0.25) is 4.79 Å². The molecule has 0 aromatic carbocycles. The Labute approximate surface area is 122 Å². The maximum Gasteiger partial charge on any atom is 0.326 e. The topological polar surface area (TPSA) is 66.4 Å². The zero-order valence-electron chi connectivity index (χ0n) is 12.7. The van der Waals surface area contributed by atoms with E-state index in [-0.39, 0.29) is 11.8 Å². The minimum Gasteiger partial charge on any atom is -0.480 e. The smallest absolute Gasteiger partial charge is 0.326 e. The maximum absolute atomic E-state index is 11.9. The highest BCUT2D eigenvalue weighted by atomic mass is 16.4. The highest BCUT2D eigenvalue weighted by molar-refractivity contribution is 5.83. The summed E-state index contributed by atoms with van der Waals surface area (Å²) < 4.78 is 0. The van der Waals surface area contributed by atoms with E-state index in [0.29, 0.717) is 6.42 Å². The van der Waals surface area contributed by atoms with Crippen LogP contribution >= 0.6 is 0 Å². The van der Waals surface area contributed by atoms with Crippen LogP contribution in [0.4, 0.5) is 0 Å². The second-order valence-corrected chi connectivity index (χ2v) is 5.95. The predicted octanol–water partition coefficient (Wildman–Crippen LogP) is 3.50. The van der Waals surface area contributed by atoms with Gasteiger partial charge in [-0.2, -0.15) is 0 Å². The third kappa shape index (κ3) is 6.40. The average molecular weight is 283 g/mol. The van der Waals surface area contributed by atoms with Crippen molar-refractivity contribution in [2.45, 2.75) is 83.6 Å². The monoisotopic (exact) mass is 283 g/mol. The number of carboxylic acids is 1. The van der Waals surface area contributed by atoms with E-state index in [9.17, 15) is 14.7 Å². The molecule has 4 nitrogen and oxygen atoms in total. The van der Waals surface area contributed by atoms with Crippen LogP contribution in [-0.4, -0.2) is 23.0 Å². The number of carbonyl (C=O) groups is 2. The number of rotatable bonds is 9. The number of nitrogens with one attached hydrogen (secondary N) is 1. The van der Waals surface area contributed by atoms with Crippen LogP contribution in [0.5, 0.6) is 0 Å². The Morgan fingerprint density at radius 3 is 2.35 bits per heavy atom. The van der Waals surface area contributed by atoms with E-state index >= 15 is 0 Å². The molecule has 1 unspecified atom stereocenters. The first-order chi connectivity index (χ1) is 9.65. The zero-order chi connectivity index (χ0) is 14.8. The highest BCUT2D eigenvalue weighted by Crippen LogP contribution is 2.26. The summed E-state index contributed by atoms with van der Waals surface area (Å²) in [7, 11) is 0. The fraction of sp³-hybridized carbons (Fsp3) is 0.875. The SMILES string of the molecule is CCCCCCCC(=O)NC(C(=O)O)C1CCCCC1. The molecule has 0 aromatic rings. The number of carboxylic acid groups (broad SMARTS) is 1. The quantitative estimate of drug-likeness (QED) is 0.636. The Kier molecular flexibility index (Phi) is 8.31. The van der Waals surface area contributed by atoms with Gasteiger partial charge in [0, 0.05) is 6.42 Å². The van der Waals surface area contributed by atoms with Gasteiger partial charge in [0.1, 0.15) is 6.04 Å². The lowest BCUT2D eigenvalue weighted by Crippen LogP contribution is -2.46. The Balaban J connectivity index is 2.29. The van der Waals surface area contributed by atoms with Crippen molar-refractivity contribution < 1.29 is 14.7 Å². The van der Waals surface area contributed by atoms with Crippen LogP contribution in [0.1, 0.15) is 77.6 Å². The van der Waals surface area contributed by atoms with Crippen LogP contribution in [0.3, 0.4) is 0 Å². The van der Waals surface area contributed by atoms with Gasteiger partial charge in [0.15, 0.2) is 0 Å². The molecule has 2 N–H and O–H groups in total. The van der Waals surface area contributed by atoms with Crippen molar-refractivity contribution in [1.29, 1.82) is 0 Å². The number of amides is 1. The van der Waals surface area contributed by atoms with Gasteiger partial charge in [0.2, 0.25) is 5.91 Å². The molecule has 0 bridgehead atoms. The number of hydrogen-bond donors (Lipinski definition) is 2. The van der Waals surface area contributed by atoms with Crippen LogP contribution in [-0.2, 0) is 9.59 Å². The lowest BCUT2D eigenvalue weighted by atomic mass is 9.84. The Hall–Kier alpha value is -1.06. The minimum atomic E-state index is -0.878. The van der Waals surface area contributed by atoms with Crippen LogP contribution in [0.25, 0.3) is 0 Å². The molecule has 0 aromatic heterocycles. The third-order valence-corrected chi connectivity index (χ3v) is 4.21. The van der Waals surface area contributed by atoms with Crippen LogP contribution in [0.15, 0.2) is 0 Å². The number of carbonyl (C=O) groups excluding carboxylic acids is 1. The molecule has 0 spiro atoms. The van der Waals surface area contributed by atoms with Crippen molar-refractivity contribution in [3.8, 4) is 0 Å². The van der Waals surface area contributed by atoms with Gasteiger partial charge < -0.3 is 10.4 Å². The molecule has 1 aliphatic rings. The standard InChI is InChI=1S/C16H29NO3/c1-2-3-4-5-9-12-14(18)17-15(16(19)20)13-10-7-6-8-11-13/h13,15H,2-12H2,1H3,(H,17,18)(H,19,20). The van der Waals surface area contributed by atoms with Crippen LogP contribution in [0.2, 0.25) is 0 Å². The Morgan fingerprint density at radius 2 is 1.75 bits per heavy atom. The molecule has 1 amide bonds. The second kappa shape index (κ2) is 9.78. The molecule has 1 saturated carbocycles. The molecule has 1 atom stereocenters. The lowest BCUT2D eigenvalue weighted by Gasteiger charge is -2.28. The summed E-state index contributed by atoms with van der Waals surface area (Å²) in [6.07, 6.45) is 11.1. The normalized spacial score (nSPS) is 17.6. The molecule has 116 valence electrons. The highest BCUT2D eigenvalue weighted by Gasteiger charge is 2.30. The first kappa shape index (κ1) is 17.0. The van der Waals surface area contributed by atoms with E-state index in [1.165, 1.54) is 19.3 Å². The summed E-state index contributed by atoms with van der Waals surface area (Å²) in [5.74, 6) is -0.860. The summed E-state index contributed by atoms with van der Waals surface area (Å²) in [5.41, 5.74) is 0. The average Bonchev–Trinajstić information content (AvgIpc) is 2.45. The van der Waals surface area contributed by atoms with E-state index in [1.54, 1.807) is 0 Å². The van der Waals surface area contributed by atoms with Crippen molar-refractivity contribution in [2.24, 2.45) is 5.92 Å². The molecule has 1 fully saturated rings. The van der Waals surface area contributed by atoms with Crippen molar-refractivity contribution in [3.63, 3.8) is 0 Å². The van der Waals surface area contributed by atoms with E-state index in [4.69, 9.17) is 0 Å². The minimum absolute atomic E-state index is 0.0977. The number of unbranched alkanes of at least 4 members (excludes halogenated alkanes) is 4. The Bertz CT molecular complexity index is 298. The molecule has 1 aliphatic carbocycles. The van der Waals surface area contributed by atoms with Gasteiger partial charge in [0.25, 0.3) is 0 Å². The molecule has 0 saturated heterocycles. The molecule has 0 radical (unpaired) electrons. The van der Waals surface area contributed by atoms with Crippen molar-refractivity contribution in [1.82, 2.24) is 5.32 Å². The van der Waals surface area contributed by atoms with E-state index < -0.39 is 12.0 Å². The number of hydrogen-bond acceptors (Lipinski definition) is 2. The van der Waals surface area contributed by atoms with E-state index in [1.807, 2.05) is 0 Å². The molecule has 4 heteroatoms. The van der Waals surface area contributed by atoms with E-state index in [0.717, 1.165) is 44.9 Å². The summed E-state index contributed by atoms with van der Waals surface area (Å²) in [6.45, 7) is 2.16. The fourth-order valence-electron chi connectivity index (χ4n) is 2.98. The largest absolute Gasteiger partial charge is 0.480 e. The van der Waals surface area contributed by atoms with Gasteiger partial charge >= 0.3 is 5.97 Å². The van der Waals surface area contributed by atoms with Gasteiger partial charge in [0.05, 0.1) is 0 Å². The zero-order valence-corrected chi connectivity index (χ0v) is 12.7. The first-order valence-electron chi connectivity index (χ1n) is 8.17. The fourth-order valence-corrected chi connectivity index (χ4v) is 2.98. The van der Waals surface area contributed by atoms with Gasteiger partial charge in [-0.05, 0) is 25.2 Å². The molecular weight excluding hydrogens is 254 g/mol. The van der Waals surface area contributed by atoms with E-state index in [2.05, 4.69) is 12.2 Å². The molecule has 20 heavy (non-hydrogen) atoms. The summed E-state index contributed by atoms with van der Waals surface area (Å²) in [6, 6.07) is -0.682. The number of aliphatic carboxylic acids is 1. The molecule has 0 aliphatic heterocycles. The van der Waals surface area contributed by atoms with Crippen molar-refractivity contribution >= 4 is 11.9 Å². The van der Waals surface area contributed by atoms with Crippen LogP contribution in [0, 0.1) is 5.92 Å².